The van der Waals surface area contributed by atoms with Crippen LogP contribution in [0.1, 0.15) is 57.5 Å². The van der Waals surface area contributed by atoms with Gasteiger partial charge in [0.1, 0.15) is 11.5 Å². The molecule has 0 radical (unpaired) electrons. The lowest BCUT2D eigenvalue weighted by atomic mass is 9.70. The number of carbonyl (C=O) groups is 1. The molecule has 2 rings (SSSR count). The van der Waals surface area contributed by atoms with E-state index in [0.29, 0.717) is 22.6 Å². The lowest BCUT2D eigenvalue weighted by Crippen LogP contribution is -2.57. The molecule has 2 aromatic carbocycles. The molecule has 1 N–H and O–H groups in total. The lowest BCUT2D eigenvalue weighted by Gasteiger charge is -2.48. The van der Waals surface area contributed by atoms with Gasteiger partial charge in [0.15, 0.2) is 5.78 Å². The van der Waals surface area contributed by atoms with Crippen molar-refractivity contribution in [2.24, 2.45) is 10.8 Å². The van der Waals surface area contributed by atoms with E-state index in [9.17, 15) is 9.90 Å². The molecule has 0 fully saturated rings. The zero-order valence-electron chi connectivity index (χ0n) is 17.3. The van der Waals surface area contributed by atoms with Gasteiger partial charge in [-0.05, 0) is 12.1 Å². The van der Waals surface area contributed by atoms with E-state index in [0.717, 1.165) is 0 Å². The number of hydrogen-bond donors (Lipinski definition) is 1. The molecule has 0 aliphatic carbocycles. The number of methoxy groups -OCH3 is 1. The van der Waals surface area contributed by atoms with Crippen LogP contribution in [-0.2, 0) is 0 Å². The van der Waals surface area contributed by atoms with Crippen molar-refractivity contribution in [1.29, 1.82) is 0 Å². The third kappa shape index (κ3) is 4.33. The predicted octanol–water partition coefficient (Wildman–Crippen LogP) is 5.09. The second-order valence-corrected chi connectivity index (χ2v) is 8.84. The molecule has 4 nitrogen and oxygen atoms in total. The van der Waals surface area contributed by atoms with Crippen LogP contribution in [0.15, 0.2) is 48.5 Å². The maximum absolute atomic E-state index is 12.9. The van der Waals surface area contributed by atoms with Crippen molar-refractivity contribution in [1.82, 2.24) is 0 Å². The Morgan fingerprint density at radius 3 is 1.81 bits per heavy atom. The highest BCUT2D eigenvalue weighted by Gasteiger charge is 2.52. The van der Waals surface area contributed by atoms with Crippen molar-refractivity contribution in [3.8, 4) is 11.5 Å². The summed E-state index contributed by atoms with van der Waals surface area (Å²) >= 11 is 0. The van der Waals surface area contributed by atoms with E-state index in [1.165, 1.54) is 7.11 Å². The molecule has 0 saturated carbocycles. The van der Waals surface area contributed by atoms with Crippen LogP contribution in [0.25, 0.3) is 0 Å². The monoisotopic (exact) mass is 370 g/mol. The van der Waals surface area contributed by atoms with Crippen molar-refractivity contribution < 1.29 is 19.4 Å². The molecule has 146 valence electrons. The fourth-order valence-corrected chi connectivity index (χ4v) is 3.24. The van der Waals surface area contributed by atoms with Crippen LogP contribution in [0.3, 0.4) is 0 Å². The quantitative estimate of drug-likeness (QED) is 0.589. The number of ether oxygens (including phenoxy) is 2. The van der Waals surface area contributed by atoms with Crippen molar-refractivity contribution in [3.63, 3.8) is 0 Å². The number of carbonyl (C=O) groups excluding carboxylic acids is 1. The van der Waals surface area contributed by atoms with Crippen LogP contribution in [-0.4, -0.2) is 23.8 Å². The first-order chi connectivity index (χ1) is 12.4. The Hall–Kier alpha value is -2.33. The molecular weight excluding hydrogens is 340 g/mol. The highest BCUT2D eigenvalue weighted by atomic mass is 16.6. The molecular formula is C23H30O4. The van der Waals surface area contributed by atoms with Crippen LogP contribution in [0.2, 0.25) is 0 Å². The predicted molar refractivity (Wildman–Crippen MR) is 107 cm³/mol. The molecule has 0 atom stereocenters. The molecule has 0 unspecified atom stereocenters. The second kappa shape index (κ2) is 7.35. The lowest BCUT2D eigenvalue weighted by molar-refractivity contribution is -0.266. The van der Waals surface area contributed by atoms with Crippen molar-refractivity contribution in [3.05, 3.63) is 59.7 Å². The summed E-state index contributed by atoms with van der Waals surface area (Å²) in [7, 11) is 1.54. The van der Waals surface area contributed by atoms with E-state index in [1.807, 2.05) is 59.7 Å². The fourth-order valence-electron chi connectivity index (χ4n) is 3.24. The molecule has 0 aliphatic heterocycles. The molecule has 0 aromatic heterocycles. The molecule has 27 heavy (non-hydrogen) atoms. The highest BCUT2D eigenvalue weighted by Crippen LogP contribution is 2.45. The smallest absolute Gasteiger partial charge is 0.217 e. The molecule has 0 spiro atoms. The first kappa shape index (κ1) is 21.0. The van der Waals surface area contributed by atoms with Gasteiger partial charge in [-0.3, -0.25) is 4.79 Å². The van der Waals surface area contributed by atoms with Gasteiger partial charge in [-0.1, -0.05) is 71.9 Å². The zero-order chi connectivity index (χ0) is 20.5. The molecule has 0 aliphatic rings. The van der Waals surface area contributed by atoms with E-state index < -0.39 is 16.6 Å². The maximum Gasteiger partial charge on any atom is 0.217 e. The van der Waals surface area contributed by atoms with E-state index in [1.54, 1.807) is 30.3 Å². The van der Waals surface area contributed by atoms with Crippen LogP contribution < -0.4 is 9.47 Å². The average molecular weight is 370 g/mol. The van der Waals surface area contributed by atoms with Gasteiger partial charge in [-0.2, -0.15) is 0 Å². The minimum atomic E-state index is -1.46. The van der Waals surface area contributed by atoms with E-state index in [4.69, 9.17) is 9.47 Å². The number of benzene rings is 2. The van der Waals surface area contributed by atoms with Crippen molar-refractivity contribution in [2.45, 2.75) is 47.3 Å². The van der Waals surface area contributed by atoms with Crippen LogP contribution in [0, 0.1) is 10.8 Å². The van der Waals surface area contributed by atoms with Gasteiger partial charge >= 0.3 is 0 Å². The molecule has 0 bridgehead atoms. The van der Waals surface area contributed by atoms with Gasteiger partial charge in [0.05, 0.1) is 7.11 Å². The van der Waals surface area contributed by atoms with Gasteiger partial charge in [0.2, 0.25) is 5.79 Å². The Kier molecular flexibility index (Phi) is 5.71. The Morgan fingerprint density at radius 2 is 1.33 bits per heavy atom. The minimum Gasteiger partial charge on any atom is -0.497 e. The standard InChI is InChI=1S/C23H30O4/c1-21(2,3)23(25,22(4,5)6)27-19-14-17(13-18(15-19)26-7)20(24)16-11-9-8-10-12-16/h8-15,25H,1-7H3. The highest BCUT2D eigenvalue weighted by molar-refractivity contribution is 6.09. The second-order valence-electron chi connectivity index (χ2n) is 8.84. The summed E-state index contributed by atoms with van der Waals surface area (Å²) in [6, 6.07) is 14.1. The third-order valence-corrected chi connectivity index (χ3v) is 4.71. The van der Waals surface area contributed by atoms with E-state index >= 15 is 0 Å². The van der Waals surface area contributed by atoms with Gasteiger partial charge in [0, 0.05) is 28.0 Å². The topological polar surface area (TPSA) is 55.8 Å². The molecule has 2 aromatic rings. The van der Waals surface area contributed by atoms with Crippen LogP contribution in [0.5, 0.6) is 11.5 Å². The number of rotatable bonds is 5. The summed E-state index contributed by atoms with van der Waals surface area (Å²) in [5.74, 6) is -0.702. The Bertz CT molecular complexity index is 781. The average Bonchev–Trinajstić information content (AvgIpc) is 2.59. The van der Waals surface area contributed by atoms with Crippen molar-refractivity contribution in [2.75, 3.05) is 7.11 Å². The number of ketones is 1. The van der Waals surface area contributed by atoms with E-state index in [2.05, 4.69) is 0 Å². The summed E-state index contributed by atoms with van der Waals surface area (Å²) in [5.41, 5.74) is -0.0881. The summed E-state index contributed by atoms with van der Waals surface area (Å²) in [6.45, 7) is 11.6. The normalized spacial score (nSPS) is 12.6. The van der Waals surface area contributed by atoms with Gasteiger partial charge in [0.25, 0.3) is 0 Å². The van der Waals surface area contributed by atoms with Gasteiger partial charge in [-0.25, -0.2) is 0 Å². The largest absolute Gasteiger partial charge is 0.497 e. The van der Waals surface area contributed by atoms with Crippen molar-refractivity contribution >= 4 is 5.78 Å². The van der Waals surface area contributed by atoms with E-state index in [-0.39, 0.29) is 5.78 Å². The Morgan fingerprint density at radius 1 is 0.815 bits per heavy atom. The molecule has 4 heteroatoms. The Labute approximate surface area is 162 Å². The SMILES string of the molecule is COc1cc(OC(O)(C(C)(C)C)C(C)(C)C)cc(C(=O)c2ccccc2)c1. The molecule has 0 saturated heterocycles. The summed E-state index contributed by atoms with van der Waals surface area (Å²) < 4.78 is 11.5. The molecule has 0 amide bonds. The van der Waals surface area contributed by atoms with Crippen LogP contribution in [0.4, 0.5) is 0 Å². The number of hydrogen-bond acceptors (Lipinski definition) is 4. The fraction of sp³-hybridized carbons (Fsp3) is 0.435. The first-order valence-electron chi connectivity index (χ1n) is 9.09. The maximum atomic E-state index is 12.9. The van der Waals surface area contributed by atoms with Gasteiger partial charge in [-0.15, -0.1) is 0 Å². The summed E-state index contributed by atoms with van der Waals surface area (Å²) in [5, 5.41) is 11.4. The zero-order valence-corrected chi connectivity index (χ0v) is 17.3. The minimum absolute atomic E-state index is 0.130. The molecule has 0 heterocycles. The first-order valence-corrected chi connectivity index (χ1v) is 9.09. The number of aliphatic hydroxyl groups is 1. The third-order valence-electron chi connectivity index (χ3n) is 4.71. The Balaban J connectivity index is 2.50. The van der Waals surface area contributed by atoms with Gasteiger partial charge < -0.3 is 14.6 Å². The van der Waals surface area contributed by atoms with Crippen LogP contribution >= 0.6 is 0 Å². The summed E-state index contributed by atoms with van der Waals surface area (Å²) in [4.78, 5) is 12.9. The summed E-state index contributed by atoms with van der Waals surface area (Å²) in [6.07, 6.45) is 0.